The van der Waals surface area contributed by atoms with Crippen molar-refractivity contribution in [1.82, 2.24) is 4.90 Å². The third-order valence-electron chi connectivity index (χ3n) is 4.39. The summed E-state index contributed by atoms with van der Waals surface area (Å²) in [4.78, 5) is 2.56. The van der Waals surface area contributed by atoms with Crippen LogP contribution in [0.5, 0.6) is 0 Å². The molecule has 1 saturated heterocycles. The zero-order valence-electron chi connectivity index (χ0n) is 12.1. The lowest BCUT2D eigenvalue weighted by Gasteiger charge is -2.48. The van der Waals surface area contributed by atoms with Crippen molar-refractivity contribution in [1.29, 1.82) is 0 Å². The fraction of sp³-hybridized carbons (Fsp3) is 0.625. The summed E-state index contributed by atoms with van der Waals surface area (Å²) in [5.74, 6) is 0. The molecule has 2 rings (SSSR count). The third kappa shape index (κ3) is 3.16. The predicted molar refractivity (Wildman–Crippen MR) is 79.2 cm³/mol. The Bertz CT molecular complexity index is 376. The summed E-state index contributed by atoms with van der Waals surface area (Å²) >= 11 is 0. The first-order valence-corrected chi connectivity index (χ1v) is 7.30. The van der Waals surface area contributed by atoms with Gasteiger partial charge in [0, 0.05) is 24.7 Å². The van der Waals surface area contributed by atoms with E-state index in [1.807, 2.05) is 0 Å². The number of morpholine rings is 1. The van der Waals surface area contributed by atoms with Gasteiger partial charge < -0.3 is 10.5 Å². The molecule has 0 aromatic heterocycles. The smallest absolute Gasteiger partial charge is 0.0620 e. The summed E-state index contributed by atoms with van der Waals surface area (Å²) in [5.41, 5.74) is 7.61. The maximum absolute atomic E-state index is 6.18. The molecule has 0 amide bonds. The van der Waals surface area contributed by atoms with Gasteiger partial charge in [-0.2, -0.15) is 0 Å². The van der Waals surface area contributed by atoms with Crippen LogP contribution in [-0.2, 0) is 11.2 Å². The van der Waals surface area contributed by atoms with Crippen molar-refractivity contribution < 1.29 is 4.74 Å². The quantitative estimate of drug-likeness (QED) is 0.882. The predicted octanol–water partition coefficient (Wildman–Crippen LogP) is 2.06. The molecule has 106 valence electrons. The topological polar surface area (TPSA) is 38.5 Å². The van der Waals surface area contributed by atoms with E-state index in [2.05, 4.69) is 49.1 Å². The molecule has 2 unspecified atom stereocenters. The van der Waals surface area contributed by atoms with Crippen molar-refractivity contribution >= 4 is 0 Å². The molecule has 19 heavy (non-hydrogen) atoms. The fourth-order valence-corrected chi connectivity index (χ4v) is 3.17. The Morgan fingerprint density at radius 1 is 1.37 bits per heavy atom. The molecule has 1 heterocycles. The monoisotopic (exact) mass is 262 g/mol. The Morgan fingerprint density at radius 2 is 2.11 bits per heavy atom. The Morgan fingerprint density at radius 3 is 2.68 bits per heavy atom. The van der Waals surface area contributed by atoms with Crippen LogP contribution >= 0.6 is 0 Å². The maximum atomic E-state index is 6.18. The molecular weight excluding hydrogens is 236 g/mol. The minimum absolute atomic E-state index is 0.0601. The van der Waals surface area contributed by atoms with E-state index in [1.54, 1.807) is 0 Å². The lowest BCUT2D eigenvalue weighted by atomic mass is 9.85. The van der Waals surface area contributed by atoms with Crippen LogP contribution in [0, 0.1) is 0 Å². The minimum atomic E-state index is 0.0601. The van der Waals surface area contributed by atoms with Gasteiger partial charge in [0.2, 0.25) is 0 Å². The Hall–Kier alpha value is -0.900. The number of benzene rings is 1. The van der Waals surface area contributed by atoms with Crippen molar-refractivity contribution in [3.8, 4) is 0 Å². The number of hydrogen-bond acceptors (Lipinski definition) is 3. The fourth-order valence-electron chi connectivity index (χ4n) is 3.17. The van der Waals surface area contributed by atoms with Crippen LogP contribution in [0.2, 0.25) is 0 Å². The second kappa shape index (κ2) is 6.51. The van der Waals surface area contributed by atoms with Gasteiger partial charge in [0.25, 0.3) is 0 Å². The van der Waals surface area contributed by atoms with Crippen LogP contribution in [0.4, 0.5) is 0 Å². The van der Waals surface area contributed by atoms with Crippen LogP contribution in [0.3, 0.4) is 0 Å². The van der Waals surface area contributed by atoms with Gasteiger partial charge in [-0.15, -0.1) is 0 Å². The van der Waals surface area contributed by atoms with E-state index in [0.717, 1.165) is 32.6 Å². The molecule has 0 spiro atoms. The van der Waals surface area contributed by atoms with E-state index in [-0.39, 0.29) is 5.54 Å². The van der Waals surface area contributed by atoms with Crippen molar-refractivity contribution in [2.45, 2.75) is 38.3 Å². The average Bonchev–Trinajstić information content (AvgIpc) is 2.47. The molecule has 1 aliphatic rings. The van der Waals surface area contributed by atoms with Gasteiger partial charge in [0.15, 0.2) is 0 Å². The average molecular weight is 262 g/mol. The van der Waals surface area contributed by atoms with Crippen molar-refractivity contribution in [2.75, 3.05) is 26.3 Å². The Labute approximate surface area is 116 Å². The molecule has 3 heteroatoms. The highest BCUT2D eigenvalue weighted by Gasteiger charge is 2.38. The lowest BCUT2D eigenvalue weighted by Crippen LogP contribution is -2.61. The zero-order chi connectivity index (χ0) is 13.7. The van der Waals surface area contributed by atoms with E-state index in [0.29, 0.717) is 12.6 Å². The highest BCUT2D eigenvalue weighted by Crippen LogP contribution is 2.27. The maximum Gasteiger partial charge on any atom is 0.0620 e. The first-order valence-electron chi connectivity index (χ1n) is 7.30. The summed E-state index contributed by atoms with van der Waals surface area (Å²) in [6.45, 7) is 7.81. The van der Waals surface area contributed by atoms with E-state index in [1.165, 1.54) is 5.56 Å². The first-order chi connectivity index (χ1) is 9.22. The molecule has 0 saturated carbocycles. The molecule has 2 atom stereocenters. The van der Waals surface area contributed by atoms with Crippen LogP contribution < -0.4 is 5.73 Å². The molecule has 1 aromatic carbocycles. The molecule has 0 bridgehead atoms. The van der Waals surface area contributed by atoms with Gasteiger partial charge in [-0.3, -0.25) is 4.90 Å². The molecule has 3 nitrogen and oxygen atoms in total. The molecule has 2 N–H and O–H groups in total. The number of hydrogen-bond donors (Lipinski definition) is 1. The van der Waals surface area contributed by atoms with E-state index >= 15 is 0 Å². The molecule has 1 aliphatic heterocycles. The van der Waals surface area contributed by atoms with E-state index < -0.39 is 0 Å². The summed E-state index contributed by atoms with van der Waals surface area (Å²) in [6.07, 6.45) is 2.09. The molecule has 1 aromatic rings. The standard InChI is InChI=1S/C16H26N2O/c1-3-16(13-17,11-15-7-5-4-6-8-15)18-9-10-19-12-14(18)2/h4-8,14H,3,9-13,17H2,1-2H3. The molecule has 1 fully saturated rings. The molecular formula is C16H26N2O. The second-order valence-electron chi connectivity index (χ2n) is 5.56. The van der Waals surface area contributed by atoms with Crippen LogP contribution in [-0.4, -0.2) is 42.8 Å². The van der Waals surface area contributed by atoms with Gasteiger partial charge in [0.1, 0.15) is 0 Å². The summed E-state index contributed by atoms with van der Waals surface area (Å²) < 4.78 is 5.56. The molecule has 0 aliphatic carbocycles. The SMILES string of the molecule is CCC(CN)(Cc1ccccc1)N1CCOCC1C. The van der Waals surface area contributed by atoms with Gasteiger partial charge in [-0.1, -0.05) is 37.3 Å². The second-order valence-corrected chi connectivity index (χ2v) is 5.56. The Kier molecular flexibility index (Phi) is 4.97. The van der Waals surface area contributed by atoms with Crippen molar-refractivity contribution in [2.24, 2.45) is 5.73 Å². The number of rotatable bonds is 5. The van der Waals surface area contributed by atoms with Gasteiger partial charge in [-0.25, -0.2) is 0 Å². The summed E-state index contributed by atoms with van der Waals surface area (Å²) in [5, 5.41) is 0. The zero-order valence-corrected chi connectivity index (χ0v) is 12.1. The largest absolute Gasteiger partial charge is 0.379 e. The van der Waals surface area contributed by atoms with Crippen molar-refractivity contribution in [3.63, 3.8) is 0 Å². The number of nitrogens with two attached hydrogens (primary N) is 1. The highest BCUT2D eigenvalue weighted by molar-refractivity contribution is 5.18. The van der Waals surface area contributed by atoms with Gasteiger partial charge in [0.05, 0.1) is 13.2 Å². The number of nitrogens with zero attached hydrogens (tertiary/aromatic N) is 1. The Balaban J connectivity index is 2.21. The lowest BCUT2D eigenvalue weighted by molar-refractivity contribution is -0.0580. The minimum Gasteiger partial charge on any atom is -0.379 e. The summed E-state index contributed by atoms with van der Waals surface area (Å²) in [7, 11) is 0. The summed E-state index contributed by atoms with van der Waals surface area (Å²) in [6, 6.07) is 11.1. The van der Waals surface area contributed by atoms with Gasteiger partial charge in [-0.05, 0) is 25.3 Å². The van der Waals surface area contributed by atoms with E-state index in [9.17, 15) is 0 Å². The normalized spacial score (nSPS) is 24.1. The first kappa shape index (κ1) is 14.5. The highest BCUT2D eigenvalue weighted by atomic mass is 16.5. The molecule has 0 radical (unpaired) electrons. The van der Waals surface area contributed by atoms with Crippen LogP contribution in [0.15, 0.2) is 30.3 Å². The van der Waals surface area contributed by atoms with Crippen LogP contribution in [0.25, 0.3) is 0 Å². The van der Waals surface area contributed by atoms with Crippen LogP contribution in [0.1, 0.15) is 25.8 Å². The third-order valence-corrected chi connectivity index (χ3v) is 4.39. The van der Waals surface area contributed by atoms with Gasteiger partial charge >= 0.3 is 0 Å². The van der Waals surface area contributed by atoms with E-state index in [4.69, 9.17) is 10.5 Å². The van der Waals surface area contributed by atoms with Crippen molar-refractivity contribution in [3.05, 3.63) is 35.9 Å². The number of ether oxygens (including phenoxy) is 1.